The highest BCUT2D eigenvalue weighted by atomic mass is 79.9. The lowest BCUT2D eigenvalue weighted by molar-refractivity contribution is 0.0946. The summed E-state index contributed by atoms with van der Waals surface area (Å²) >= 11 is 3.31. The smallest absolute Gasteiger partial charge is 0.267 e. The van der Waals surface area contributed by atoms with Crippen LogP contribution >= 0.6 is 15.9 Å². The molecule has 2 N–H and O–H groups in total. The molecular formula is C15H18BrN3O. The van der Waals surface area contributed by atoms with Crippen LogP contribution in [0.2, 0.25) is 0 Å². The van der Waals surface area contributed by atoms with E-state index in [1.807, 2.05) is 26.2 Å². The lowest BCUT2D eigenvalue weighted by atomic mass is 10.1. The van der Waals surface area contributed by atoms with Gasteiger partial charge in [0.25, 0.3) is 5.91 Å². The number of aromatic amines is 1. The maximum absolute atomic E-state index is 11.9. The van der Waals surface area contributed by atoms with E-state index in [1.165, 1.54) is 5.56 Å². The molecule has 0 fully saturated rings. The average molecular weight is 336 g/mol. The van der Waals surface area contributed by atoms with E-state index in [-0.39, 0.29) is 5.91 Å². The monoisotopic (exact) mass is 335 g/mol. The van der Waals surface area contributed by atoms with Gasteiger partial charge in [0.2, 0.25) is 0 Å². The second-order valence-electron chi connectivity index (χ2n) is 4.97. The molecule has 0 bridgehead atoms. The zero-order valence-electron chi connectivity index (χ0n) is 11.6. The maximum Gasteiger partial charge on any atom is 0.267 e. The Morgan fingerprint density at radius 2 is 1.90 bits per heavy atom. The molecule has 1 aromatic carbocycles. The van der Waals surface area contributed by atoms with E-state index < -0.39 is 0 Å². The molecular weight excluding hydrogens is 318 g/mol. The second kappa shape index (κ2) is 6.72. The molecule has 1 amide bonds. The fourth-order valence-corrected chi connectivity index (χ4v) is 2.25. The lowest BCUT2D eigenvalue weighted by Crippen LogP contribution is -2.23. The number of hydrogen-bond donors (Lipinski definition) is 2. The van der Waals surface area contributed by atoms with Gasteiger partial charge in [-0.3, -0.25) is 4.79 Å². The number of H-pyrrole nitrogens is 1. The third kappa shape index (κ3) is 4.21. The number of nitrogens with one attached hydrogen (secondary N) is 2. The zero-order valence-corrected chi connectivity index (χ0v) is 13.2. The Kier molecular flexibility index (Phi) is 4.98. The molecule has 4 nitrogen and oxygen atoms in total. The summed E-state index contributed by atoms with van der Waals surface area (Å²) in [6, 6.07) is 10.0. The summed E-state index contributed by atoms with van der Waals surface area (Å²) in [6.45, 7) is 1.45. The first-order valence-electron chi connectivity index (χ1n) is 6.39. The molecule has 5 heteroatoms. The van der Waals surface area contributed by atoms with Crippen LogP contribution in [0.1, 0.15) is 21.6 Å². The summed E-state index contributed by atoms with van der Waals surface area (Å²) in [5.74, 6) is -0.104. The first-order valence-corrected chi connectivity index (χ1v) is 7.18. The van der Waals surface area contributed by atoms with Gasteiger partial charge in [0.15, 0.2) is 0 Å². The Labute approximate surface area is 127 Å². The molecule has 0 radical (unpaired) electrons. The fourth-order valence-electron chi connectivity index (χ4n) is 1.90. The van der Waals surface area contributed by atoms with E-state index in [0.717, 1.165) is 16.6 Å². The summed E-state index contributed by atoms with van der Waals surface area (Å²) < 4.78 is 0.871. The van der Waals surface area contributed by atoms with Crippen LogP contribution in [0.25, 0.3) is 0 Å². The van der Waals surface area contributed by atoms with Gasteiger partial charge in [-0.2, -0.15) is 0 Å². The van der Waals surface area contributed by atoms with Crippen molar-refractivity contribution in [3.63, 3.8) is 0 Å². The molecule has 20 heavy (non-hydrogen) atoms. The van der Waals surface area contributed by atoms with Crippen LogP contribution < -0.4 is 5.32 Å². The molecule has 1 heterocycles. The molecule has 0 saturated carbocycles. The van der Waals surface area contributed by atoms with Crippen LogP contribution in [0.15, 0.2) is 41.0 Å². The number of aromatic nitrogens is 1. The van der Waals surface area contributed by atoms with E-state index in [0.29, 0.717) is 12.2 Å². The minimum atomic E-state index is -0.104. The predicted octanol–water partition coefficient (Wildman–Crippen LogP) is 2.77. The van der Waals surface area contributed by atoms with Gasteiger partial charge in [-0.15, -0.1) is 0 Å². The molecule has 0 aliphatic carbocycles. The second-order valence-corrected chi connectivity index (χ2v) is 5.88. The average Bonchev–Trinajstić information content (AvgIpc) is 2.84. The first kappa shape index (κ1) is 14.8. The molecule has 0 aliphatic rings. The molecule has 0 unspecified atom stereocenters. The maximum atomic E-state index is 11.9. The van der Waals surface area contributed by atoms with Gasteiger partial charge < -0.3 is 15.2 Å². The van der Waals surface area contributed by atoms with Crippen LogP contribution in [0.3, 0.4) is 0 Å². The minimum Gasteiger partial charge on any atom is -0.356 e. The summed E-state index contributed by atoms with van der Waals surface area (Å²) in [6.07, 6.45) is 1.74. The van der Waals surface area contributed by atoms with Gasteiger partial charge >= 0.3 is 0 Å². The van der Waals surface area contributed by atoms with Gasteiger partial charge in [0.1, 0.15) is 5.69 Å². The van der Waals surface area contributed by atoms with Crippen LogP contribution in [-0.2, 0) is 13.1 Å². The van der Waals surface area contributed by atoms with E-state index >= 15 is 0 Å². The number of nitrogens with zero attached hydrogens (tertiary/aromatic N) is 1. The Morgan fingerprint density at radius 1 is 1.25 bits per heavy atom. The number of halogens is 1. The van der Waals surface area contributed by atoms with Crippen molar-refractivity contribution in [2.45, 2.75) is 13.1 Å². The number of hydrogen-bond acceptors (Lipinski definition) is 2. The van der Waals surface area contributed by atoms with Crippen LogP contribution in [0, 0.1) is 0 Å². The quantitative estimate of drug-likeness (QED) is 0.882. The van der Waals surface area contributed by atoms with Gasteiger partial charge in [-0.1, -0.05) is 24.3 Å². The van der Waals surface area contributed by atoms with Crippen molar-refractivity contribution in [1.82, 2.24) is 15.2 Å². The van der Waals surface area contributed by atoms with Crippen molar-refractivity contribution in [3.8, 4) is 0 Å². The van der Waals surface area contributed by atoms with Gasteiger partial charge in [0.05, 0.1) is 0 Å². The highest BCUT2D eigenvalue weighted by Gasteiger charge is 2.07. The lowest BCUT2D eigenvalue weighted by Gasteiger charge is -2.10. The molecule has 106 valence electrons. The number of rotatable bonds is 5. The molecule has 2 aromatic rings. The van der Waals surface area contributed by atoms with Crippen LogP contribution in [0.5, 0.6) is 0 Å². The van der Waals surface area contributed by atoms with E-state index in [9.17, 15) is 4.79 Å². The van der Waals surface area contributed by atoms with Crippen LogP contribution in [-0.4, -0.2) is 29.9 Å². The number of amides is 1. The van der Waals surface area contributed by atoms with Crippen molar-refractivity contribution >= 4 is 21.8 Å². The Morgan fingerprint density at radius 3 is 2.45 bits per heavy atom. The summed E-state index contributed by atoms with van der Waals surface area (Å²) in [4.78, 5) is 16.9. The van der Waals surface area contributed by atoms with E-state index in [2.05, 4.69) is 43.3 Å². The van der Waals surface area contributed by atoms with Gasteiger partial charge in [-0.25, -0.2) is 0 Å². The normalized spacial score (nSPS) is 10.8. The van der Waals surface area contributed by atoms with Gasteiger partial charge in [-0.05, 0) is 47.2 Å². The minimum absolute atomic E-state index is 0.104. The molecule has 0 spiro atoms. The molecule has 2 rings (SSSR count). The van der Waals surface area contributed by atoms with Crippen LogP contribution in [0.4, 0.5) is 0 Å². The largest absolute Gasteiger partial charge is 0.356 e. The van der Waals surface area contributed by atoms with E-state index in [1.54, 1.807) is 12.3 Å². The molecule has 0 atom stereocenters. The molecule has 0 saturated heterocycles. The van der Waals surface area contributed by atoms with Crippen molar-refractivity contribution < 1.29 is 4.79 Å². The van der Waals surface area contributed by atoms with Crippen molar-refractivity contribution in [2.24, 2.45) is 0 Å². The summed E-state index contributed by atoms with van der Waals surface area (Å²) in [5, 5.41) is 2.89. The molecule has 1 aromatic heterocycles. The van der Waals surface area contributed by atoms with Crippen molar-refractivity contribution in [2.75, 3.05) is 14.1 Å². The highest BCUT2D eigenvalue weighted by Crippen LogP contribution is 2.11. The van der Waals surface area contributed by atoms with E-state index in [4.69, 9.17) is 0 Å². The Hall–Kier alpha value is -1.59. The fraction of sp³-hybridized carbons (Fsp3) is 0.267. The number of carbonyl (C=O) groups excluding carboxylic acids is 1. The first-order chi connectivity index (χ1) is 9.54. The Bertz CT molecular complexity index is 575. The highest BCUT2D eigenvalue weighted by molar-refractivity contribution is 9.10. The Balaban J connectivity index is 1.89. The predicted molar refractivity (Wildman–Crippen MR) is 83.5 cm³/mol. The molecule has 0 aliphatic heterocycles. The third-order valence-electron chi connectivity index (χ3n) is 2.87. The number of benzene rings is 1. The van der Waals surface area contributed by atoms with Crippen molar-refractivity contribution in [3.05, 3.63) is 57.8 Å². The topological polar surface area (TPSA) is 48.1 Å². The summed E-state index contributed by atoms with van der Waals surface area (Å²) in [5.41, 5.74) is 2.91. The SMILES string of the molecule is CN(C)Cc1ccc(CNC(=O)c2cc(Br)c[nH]2)cc1. The standard InChI is InChI=1S/C15H18BrN3O/c1-19(2)10-12-5-3-11(4-6-12)8-18-15(20)14-7-13(16)9-17-14/h3-7,9,17H,8,10H2,1-2H3,(H,18,20). The van der Waals surface area contributed by atoms with Crippen molar-refractivity contribution in [1.29, 1.82) is 0 Å². The van der Waals surface area contributed by atoms with Gasteiger partial charge in [0, 0.05) is 23.8 Å². The number of carbonyl (C=O) groups is 1. The summed E-state index contributed by atoms with van der Waals surface area (Å²) in [7, 11) is 4.09. The third-order valence-corrected chi connectivity index (χ3v) is 3.33. The zero-order chi connectivity index (χ0) is 14.5.